The molecular weight excluding hydrogens is 460 g/mol. The topological polar surface area (TPSA) is 96.8 Å². The molecule has 0 atom stereocenters. The molecule has 9 nitrogen and oxygen atoms in total. The number of anilines is 2. The van der Waals surface area contributed by atoms with Gasteiger partial charge in [0, 0.05) is 37.1 Å². The Morgan fingerprint density at radius 3 is 2.94 bits per heavy atom. The summed E-state index contributed by atoms with van der Waals surface area (Å²) in [5, 5.41) is 21.9. The number of hydrogen-bond donors (Lipinski definition) is 2. The van der Waals surface area contributed by atoms with E-state index in [0.717, 1.165) is 77.6 Å². The highest BCUT2D eigenvalue weighted by atomic mass is 35.5. The summed E-state index contributed by atoms with van der Waals surface area (Å²) in [5.41, 5.74) is 4.65. The van der Waals surface area contributed by atoms with Crippen LogP contribution in [0.3, 0.4) is 0 Å². The van der Waals surface area contributed by atoms with Gasteiger partial charge in [-0.1, -0.05) is 29.0 Å². The van der Waals surface area contributed by atoms with Gasteiger partial charge in [-0.2, -0.15) is 5.10 Å². The quantitative estimate of drug-likeness (QED) is 0.376. The lowest BCUT2D eigenvalue weighted by atomic mass is 10.2. The molecule has 0 unspecified atom stereocenters. The number of fused-ring (bicyclic) bond motifs is 2. The fourth-order valence-electron chi connectivity index (χ4n) is 4.09. The molecule has 33 heavy (non-hydrogen) atoms. The highest BCUT2D eigenvalue weighted by Crippen LogP contribution is 2.36. The summed E-state index contributed by atoms with van der Waals surface area (Å²) in [6.07, 6.45) is 3.62. The second-order valence-electron chi connectivity index (χ2n) is 7.86. The van der Waals surface area contributed by atoms with E-state index in [1.165, 1.54) is 11.3 Å². The Morgan fingerprint density at radius 2 is 2.03 bits per heavy atom. The lowest BCUT2D eigenvalue weighted by Gasteiger charge is -2.26. The van der Waals surface area contributed by atoms with E-state index in [-0.39, 0.29) is 0 Å². The van der Waals surface area contributed by atoms with Gasteiger partial charge in [-0.3, -0.25) is 10.00 Å². The smallest absolute Gasteiger partial charge is 0.210 e. The van der Waals surface area contributed by atoms with Crippen molar-refractivity contribution in [2.45, 2.75) is 6.54 Å². The zero-order chi connectivity index (χ0) is 22.2. The van der Waals surface area contributed by atoms with Gasteiger partial charge in [0.2, 0.25) is 5.13 Å². The van der Waals surface area contributed by atoms with Crippen molar-refractivity contribution in [1.82, 2.24) is 34.8 Å². The van der Waals surface area contributed by atoms with Gasteiger partial charge >= 0.3 is 0 Å². The Bertz CT molecular complexity index is 1420. The number of halogens is 1. The largest absolute Gasteiger partial charge is 0.379 e. The van der Waals surface area contributed by atoms with Crippen molar-refractivity contribution in [3.05, 3.63) is 47.9 Å². The first-order valence-corrected chi connectivity index (χ1v) is 11.9. The van der Waals surface area contributed by atoms with Crippen LogP contribution in [0.15, 0.2) is 42.9 Å². The van der Waals surface area contributed by atoms with Gasteiger partial charge in [0.1, 0.15) is 0 Å². The average molecular weight is 481 g/mol. The van der Waals surface area contributed by atoms with Crippen LogP contribution in [-0.4, -0.2) is 67.7 Å². The number of imidazole rings is 1. The van der Waals surface area contributed by atoms with E-state index in [2.05, 4.69) is 41.2 Å². The first-order valence-electron chi connectivity index (χ1n) is 10.7. The maximum Gasteiger partial charge on any atom is 0.210 e. The van der Waals surface area contributed by atoms with Crippen molar-refractivity contribution in [2.24, 2.45) is 0 Å². The maximum atomic E-state index is 6.53. The fourth-order valence-corrected chi connectivity index (χ4v) is 5.13. The highest BCUT2D eigenvalue weighted by Gasteiger charge is 2.16. The molecule has 3 aromatic heterocycles. The number of hydrogen-bond acceptors (Lipinski definition) is 8. The monoisotopic (exact) mass is 480 g/mol. The van der Waals surface area contributed by atoms with Crippen molar-refractivity contribution >= 4 is 55.7 Å². The highest BCUT2D eigenvalue weighted by molar-refractivity contribution is 7.18. The molecular formula is C22H21ClN8OS. The Kier molecular flexibility index (Phi) is 5.43. The number of morpholine rings is 1. The molecule has 6 rings (SSSR count). The predicted molar refractivity (Wildman–Crippen MR) is 130 cm³/mol. The number of aromatic amines is 1. The lowest BCUT2D eigenvalue weighted by Crippen LogP contribution is -2.38. The molecule has 168 valence electrons. The van der Waals surface area contributed by atoms with Gasteiger partial charge in [-0.25, -0.2) is 4.98 Å². The van der Waals surface area contributed by atoms with E-state index >= 15 is 0 Å². The van der Waals surface area contributed by atoms with Crippen molar-refractivity contribution < 1.29 is 4.74 Å². The van der Waals surface area contributed by atoms with Gasteiger partial charge in [-0.15, -0.1) is 10.2 Å². The third-order valence-electron chi connectivity index (χ3n) is 5.87. The summed E-state index contributed by atoms with van der Waals surface area (Å²) in [7, 11) is 0. The molecule has 1 fully saturated rings. The summed E-state index contributed by atoms with van der Waals surface area (Å²) >= 11 is 8.00. The summed E-state index contributed by atoms with van der Waals surface area (Å²) in [6, 6.07) is 10.0. The lowest BCUT2D eigenvalue weighted by molar-refractivity contribution is 0.0365. The Morgan fingerprint density at radius 1 is 1.12 bits per heavy atom. The van der Waals surface area contributed by atoms with Gasteiger partial charge in [0.05, 0.1) is 53.0 Å². The third-order valence-corrected chi connectivity index (χ3v) is 7.15. The van der Waals surface area contributed by atoms with Crippen LogP contribution in [0.25, 0.3) is 32.5 Å². The fraction of sp³-hybridized carbons (Fsp3) is 0.273. The second-order valence-corrected chi connectivity index (χ2v) is 9.22. The third kappa shape index (κ3) is 3.95. The van der Waals surface area contributed by atoms with Crippen molar-refractivity contribution in [3.63, 3.8) is 0 Å². The first-order chi connectivity index (χ1) is 16.3. The molecule has 1 aliphatic heterocycles. The first kappa shape index (κ1) is 20.5. The van der Waals surface area contributed by atoms with Gasteiger partial charge in [-0.05, 0) is 24.3 Å². The van der Waals surface area contributed by atoms with Crippen LogP contribution in [-0.2, 0) is 11.3 Å². The number of benzene rings is 2. The van der Waals surface area contributed by atoms with Crippen LogP contribution in [0.5, 0.6) is 0 Å². The zero-order valence-electron chi connectivity index (χ0n) is 17.7. The average Bonchev–Trinajstić information content (AvgIpc) is 3.60. The van der Waals surface area contributed by atoms with E-state index in [0.29, 0.717) is 10.2 Å². The van der Waals surface area contributed by atoms with E-state index < -0.39 is 0 Å². The summed E-state index contributed by atoms with van der Waals surface area (Å²) in [5.74, 6) is 0. The van der Waals surface area contributed by atoms with E-state index in [1.54, 1.807) is 6.20 Å². The Balaban J connectivity index is 1.24. The number of H-pyrrole nitrogens is 1. The molecule has 0 amide bonds. The number of para-hydroxylation sites is 1. The number of rotatable bonds is 6. The molecule has 0 bridgehead atoms. The van der Waals surface area contributed by atoms with Crippen LogP contribution in [0, 0.1) is 0 Å². The predicted octanol–water partition coefficient (Wildman–Crippen LogP) is 4.16. The summed E-state index contributed by atoms with van der Waals surface area (Å²) in [6.45, 7) is 5.45. The molecule has 2 aromatic carbocycles. The summed E-state index contributed by atoms with van der Waals surface area (Å²) < 4.78 is 7.65. The Labute approximate surface area is 198 Å². The summed E-state index contributed by atoms with van der Waals surface area (Å²) in [4.78, 5) is 7.13. The normalized spacial score (nSPS) is 14.9. The van der Waals surface area contributed by atoms with Crippen LogP contribution >= 0.6 is 22.9 Å². The minimum atomic E-state index is 0.596. The molecule has 0 aliphatic carbocycles. The van der Waals surface area contributed by atoms with Gasteiger partial charge < -0.3 is 14.6 Å². The number of aromatic nitrogens is 6. The van der Waals surface area contributed by atoms with Crippen molar-refractivity contribution in [3.8, 4) is 10.6 Å². The Hall–Kier alpha value is -3.05. The maximum absolute atomic E-state index is 6.53. The molecule has 4 heterocycles. The number of ether oxygens (including phenoxy) is 1. The van der Waals surface area contributed by atoms with Crippen molar-refractivity contribution in [1.29, 1.82) is 0 Å². The van der Waals surface area contributed by atoms with Crippen LogP contribution in [0.1, 0.15) is 0 Å². The van der Waals surface area contributed by atoms with Crippen molar-refractivity contribution in [2.75, 3.05) is 38.2 Å². The van der Waals surface area contributed by atoms with Gasteiger partial charge in [0.25, 0.3) is 0 Å². The van der Waals surface area contributed by atoms with E-state index in [1.807, 2.05) is 30.6 Å². The number of nitrogens with zero attached hydrogens (tertiary/aromatic N) is 6. The van der Waals surface area contributed by atoms with Crippen LogP contribution < -0.4 is 5.32 Å². The minimum absolute atomic E-state index is 0.596. The van der Waals surface area contributed by atoms with Crippen LogP contribution in [0.2, 0.25) is 5.02 Å². The number of nitrogens with one attached hydrogen (secondary N) is 2. The molecule has 0 spiro atoms. The molecule has 11 heteroatoms. The SMILES string of the molecule is Clc1c(Nc2nnc(-c3cccc4c3ncn4CCN3CCOCC3)s2)ccc2[nH]ncc12. The van der Waals surface area contributed by atoms with Gasteiger partial charge in [0.15, 0.2) is 5.01 Å². The molecule has 1 saturated heterocycles. The minimum Gasteiger partial charge on any atom is -0.379 e. The zero-order valence-corrected chi connectivity index (χ0v) is 19.2. The van der Waals surface area contributed by atoms with E-state index in [4.69, 9.17) is 21.3 Å². The molecule has 2 N–H and O–H groups in total. The van der Waals surface area contributed by atoms with Crippen LogP contribution in [0.4, 0.5) is 10.8 Å². The molecule has 1 aliphatic rings. The molecule has 0 saturated carbocycles. The van der Waals surface area contributed by atoms with E-state index in [9.17, 15) is 0 Å². The second kappa shape index (κ2) is 8.71. The molecule has 0 radical (unpaired) electrons. The molecule has 5 aromatic rings. The standard InChI is InChI=1S/C22H21ClN8OS/c23-19-15-12-25-27-16(15)4-5-17(19)26-22-29-28-21(33-22)14-2-1-3-18-20(14)24-13-31(18)7-6-30-8-10-32-11-9-30/h1-5,12-13H,6-11H2,(H,25,27)(H,26,29).